The van der Waals surface area contributed by atoms with E-state index in [4.69, 9.17) is 22.2 Å². The number of ether oxygens (including phenoxy) is 1. The number of nitrogens with zero attached hydrogens (tertiary/aromatic N) is 1. The number of aliphatic hydroxyl groups excluding tert-OH is 1. The lowest BCUT2D eigenvalue weighted by atomic mass is 10.0. The van der Waals surface area contributed by atoms with Crippen LogP contribution in [0.3, 0.4) is 0 Å². The fourth-order valence-corrected chi connectivity index (χ4v) is 2.71. The standard InChI is InChI=1S/C14H20ClN3O3/c1-14(2)8-18(6-10(7-19)21-14)13(20)11-5-9(15)3-4-12(11)17-16/h3-5,10,17,19H,6-8,16H2,1-2H3. The Balaban J connectivity index is 2.28. The molecular formula is C14H20ClN3O3. The maximum atomic E-state index is 12.7. The van der Waals surface area contributed by atoms with Crippen molar-refractivity contribution in [1.82, 2.24) is 4.90 Å². The van der Waals surface area contributed by atoms with Crippen LogP contribution in [0.5, 0.6) is 0 Å². The van der Waals surface area contributed by atoms with Gasteiger partial charge in [0.05, 0.1) is 29.6 Å². The molecule has 0 aromatic heterocycles. The fourth-order valence-electron chi connectivity index (χ4n) is 2.54. The summed E-state index contributed by atoms with van der Waals surface area (Å²) in [6.45, 7) is 4.39. The molecule has 0 saturated carbocycles. The number of hydrazine groups is 1. The summed E-state index contributed by atoms with van der Waals surface area (Å²) in [5, 5.41) is 9.78. The molecule has 1 unspecified atom stereocenters. The van der Waals surface area contributed by atoms with E-state index in [2.05, 4.69) is 5.43 Å². The third-order valence-electron chi connectivity index (χ3n) is 3.34. The number of morpholine rings is 1. The van der Waals surface area contributed by atoms with Crippen LogP contribution in [0.1, 0.15) is 24.2 Å². The molecule has 1 fully saturated rings. The van der Waals surface area contributed by atoms with E-state index in [-0.39, 0.29) is 12.5 Å². The molecule has 1 aromatic rings. The van der Waals surface area contributed by atoms with Gasteiger partial charge in [-0.05, 0) is 32.0 Å². The lowest BCUT2D eigenvalue weighted by molar-refractivity contribution is -0.139. The SMILES string of the molecule is CC1(C)CN(C(=O)c2cc(Cl)ccc2NN)CC(CO)O1. The van der Waals surface area contributed by atoms with E-state index in [1.165, 1.54) is 0 Å². The van der Waals surface area contributed by atoms with E-state index in [0.717, 1.165) is 0 Å². The highest BCUT2D eigenvalue weighted by Gasteiger charge is 2.36. The van der Waals surface area contributed by atoms with Crippen molar-refractivity contribution < 1.29 is 14.6 Å². The zero-order valence-corrected chi connectivity index (χ0v) is 12.9. The number of amides is 1. The smallest absolute Gasteiger partial charge is 0.256 e. The fraction of sp³-hybridized carbons (Fsp3) is 0.500. The first kappa shape index (κ1) is 16.0. The molecule has 1 saturated heterocycles. The van der Waals surface area contributed by atoms with Crippen molar-refractivity contribution in [3.63, 3.8) is 0 Å². The van der Waals surface area contributed by atoms with Crippen LogP contribution in [0.2, 0.25) is 5.02 Å². The third kappa shape index (κ3) is 3.65. The summed E-state index contributed by atoms with van der Waals surface area (Å²) in [7, 11) is 0. The molecule has 21 heavy (non-hydrogen) atoms. The van der Waals surface area contributed by atoms with Crippen LogP contribution in [0.25, 0.3) is 0 Å². The van der Waals surface area contributed by atoms with Gasteiger partial charge >= 0.3 is 0 Å². The maximum Gasteiger partial charge on any atom is 0.256 e. The van der Waals surface area contributed by atoms with Crippen LogP contribution in [0.4, 0.5) is 5.69 Å². The molecule has 2 rings (SSSR count). The predicted molar refractivity (Wildman–Crippen MR) is 81.2 cm³/mol. The summed E-state index contributed by atoms with van der Waals surface area (Å²) in [6, 6.07) is 4.90. The molecule has 0 aliphatic carbocycles. The van der Waals surface area contributed by atoms with Gasteiger partial charge in [0.15, 0.2) is 0 Å². The van der Waals surface area contributed by atoms with E-state index < -0.39 is 11.7 Å². The Bertz CT molecular complexity index is 536. The lowest BCUT2D eigenvalue weighted by Gasteiger charge is -2.42. The largest absolute Gasteiger partial charge is 0.394 e. The van der Waals surface area contributed by atoms with Gasteiger partial charge in [0.2, 0.25) is 0 Å². The van der Waals surface area contributed by atoms with Crippen LogP contribution >= 0.6 is 11.6 Å². The Morgan fingerprint density at radius 3 is 2.95 bits per heavy atom. The number of nitrogens with two attached hydrogens (primary N) is 1. The topological polar surface area (TPSA) is 87.8 Å². The minimum atomic E-state index is -0.518. The molecule has 0 bridgehead atoms. The second-order valence-corrected chi connectivity index (χ2v) is 6.14. The number of aliphatic hydroxyl groups is 1. The number of halogens is 1. The van der Waals surface area contributed by atoms with Gasteiger partial charge in [-0.15, -0.1) is 0 Å². The molecule has 4 N–H and O–H groups in total. The van der Waals surface area contributed by atoms with Crippen molar-refractivity contribution in [2.45, 2.75) is 25.6 Å². The predicted octanol–water partition coefficient (Wildman–Crippen LogP) is 1.24. The maximum absolute atomic E-state index is 12.7. The van der Waals surface area contributed by atoms with Crippen LogP contribution in [-0.4, -0.2) is 47.3 Å². The minimum Gasteiger partial charge on any atom is -0.394 e. The number of hydrogen-bond donors (Lipinski definition) is 3. The molecule has 116 valence electrons. The number of anilines is 1. The van der Waals surface area contributed by atoms with Crippen molar-refractivity contribution in [1.29, 1.82) is 0 Å². The van der Waals surface area contributed by atoms with Crippen molar-refractivity contribution in [2.24, 2.45) is 5.84 Å². The van der Waals surface area contributed by atoms with Crippen molar-refractivity contribution >= 4 is 23.2 Å². The molecule has 1 aliphatic heterocycles. The summed E-state index contributed by atoms with van der Waals surface area (Å²) >= 11 is 5.96. The summed E-state index contributed by atoms with van der Waals surface area (Å²) in [5.41, 5.74) is 2.90. The summed E-state index contributed by atoms with van der Waals surface area (Å²) in [4.78, 5) is 14.4. The Kier molecular flexibility index (Phi) is 4.73. The number of nitrogen functional groups attached to an aromatic ring is 1. The van der Waals surface area contributed by atoms with Gasteiger partial charge < -0.3 is 20.2 Å². The van der Waals surface area contributed by atoms with Gasteiger partial charge in [-0.25, -0.2) is 0 Å². The number of nitrogens with one attached hydrogen (secondary N) is 1. The number of rotatable bonds is 3. The summed E-state index contributed by atoms with van der Waals surface area (Å²) in [5.74, 6) is 5.25. The number of hydrogen-bond acceptors (Lipinski definition) is 5. The normalized spacial score (nSPS) is 21.2. The quantitative estimate of drug-likeness (QED) is 0.577. The molecule has 7 heteroatoms. The highest BCUT2D eigenvalue weighted by Crippen LogP contribution is 2.26. The van der Waals surface area contributed by atoms with Crippen LogP contribution < -0.4 is 11.3 Å². The van der Waals surface area contributed by atoms with E-state index >= 15 is 0 Å². The summed E-state index contributed by atoms with van der Waals surface area (Å²) < 4.78 is 5.71. The number of carbonyl (C=O) groups is 1. The Labute approximate surface area is 128 Å². The van der Waals surface area contributed by atoms with Crippen LogP contribution in [0, 0.1) is 0 Å². The molecule has 1 aliphatic rings. The Hall–Kier alpha value is -1.34. The van der Waals surface area contributed by atoms with Gasteiger partial charge in [-0.2, -0.15) is 0 Å². The number of benzene rings is 1. The van der Waals surface area contributed by atoms with Gasteiger partial charge in [-0.1, -0.05) is 11.6 Å². The lowest BCUT2D eigenvalue weighted by Crippen LogP contribution is -2.55. The molecule has 1 atom stereocenters. The Morgan fingerprint density at radius 2 is 2.33 bits per heavy atom. The minimum absolute atomic E-state index is 0.134. The van der Waals surface area contributed by atoms with E-state index in [1.54, 1.807) is 23.1 Å². The zero-order valence-electron chi connectivity index (χ0n) is 12.1. The molecule has 1 heterocycles. The molecule has 1 aromatic carbocycles. The van der Waals surface area contributed by atoms with Gasteiger partial charge in [0.1, 0.15) is 0 Å². The van der Waals surface area contributed by atoms with E-state index in [1.807, 2.05) is 13.8 Å². The van der Waals surface area contributed by atoms with Gasteiger partial charge in [0, 0.05) is 18.1 Å². The zero-order chi connectivity index (χ0) is 15.6. The average Bonchev–Trinajstić information content (AvgIpc) is 2.44. The second kappa shape index (κ2) is 6.19. The monoisotopic (exact) mass is 313 g/mol. The first-order valence-electron chi connectivity index (χ1n) is 6.70. The van der Waals surface area contributed by atoms with Gasteiger partial charge in [-0.3, -0.25) is 10.6 Å². The second-order valence-electron chi connectivity index (χ2n) is 5.70. The first-order valence-corrected chi connectivity index (χ1v) is 7.08. The van der Waals surface area contributed by atoms with Crippen molar-refractivity contribution in [3.8, 4) is 0 Å². The highest BCUT2D eigenvalue weighted by atomic mass is 35.5. The van der Waals surface area contributed by atoms with E-state index in [0.29, 0.717) is 29.4 Å². The van der Waals surface area contributed by atoms with Crippen molar-refractivity contribution in [3.05, 3.63) is 28.8 Å². The molecule has 0 spiro atoms. The summed E-state index contributed by atoms with van der Waals surface area (Å²) in [6.07, 6.45) is -0.397. The van der Waals surface area contributed by atoms with E-state index in [9.17, 15) is 9.90 Å². The molecule has 0 radical (unpaired) electrons. The average molecular weight is 314 g/mol. The number of carbonyl (C=O) groups excluding carboxylic acids is 1. The molecular weight excluding hydrogens is 294 g/mol. The van der Waals surface area contributed by atoms with Crippen LogP contribution in [-0.2, 0) is 4.74 Å². The molecule has 1 amide bonds. The Morgan fingerprint density at radius 1 is 1.62 bits per heavy atom. The van der Waals surface area contributed by atoms with Crippen molar-refractivity contribution in [2.75, 3.05) is 25.1 Å². The molecule has 6 nitrogen and oxygen atoms in total. The first-order chi connectivity index (χ1) is 9.86. The van der Waals surface area contributed by atoms with Gasteiger partial charge in [0.25, 0.3) is 5.91 Å². The van der Waals surface area contributed by atoms with Crippen LogP contribution in [0.15, 0.2) is 18.2 Å². The third-order valence-corrected chi connectivity index (χ3v) is 3.57. The highest BCUT2D eigenvalue weighted by molar-refractivity contribution is 6.31.